The third kappa shape index (κ3) is 6.07. The maximum absolute atomic E-state index is 5.73. The highest BCUT2D eigenvalue weighted by Crippen LogP contribution is 2.45. The van der Waals surface area contributed by atoms with Crippen LogP contribution in [0, 0.1) is 0 Å². The summed E-state index contributed by atoms with van der Waals surface area (Å²) in [5, 5.41) is 7.51. The highest BCUT2D eigenvalue weighted by molar-refractivity contribution is 6.23. The molecule has 0 N–H and O–H groups in total. The molecule has 0 fully saturated rings. The smallest absolute Gasteiger partial charge is 0.120 e. The highest BCUT2D eigenvalue weighted by Gasteiger charge is 2.17. The maximum atomic E-state index is 5.73. The van der Waals surface area contributed by atoms with E-state index in [1.807, 2.05) is 50.3 Å². The summed E-state index contributed by atoms with van der Waals surface area (Å²) >= 11 is 0. The number of hydrogen-bond donors (Lipinski definition) is 0. The van der Waals surface area contributed by atoms with E-state index in [0.29, 0.717) is 11.5 Å². The van der Waals surface area contributed by atoms with Gasteiger partial charge >= 0.3 is 0 Å². The van der Waals surface area contributed by atoms with E-state index < -0.39 is 0 Å². The number of hydrogen-bond acceptors (Lipinski definition) is 1. The Hall–Kier alpha value is -5.66. The van der Waals surface area contributed by atoms with Gasteiger partial charge in [0.05, 0.1) is 0 Å². The molecule has 1 heteroatoms. The molecular formula is C44H36O. The summed E-state index contributed by atoms with van der Waals surface area (Å²) in [7, 11) is 0. The van der Waals surface area contributed by atoms with Crippen molar-refractivity contribution < 1.29 is 4.74 Å². The van der Waals surface area contributed by atoms with E-state index in [0.717, 1.165) is 11.1 Å². The standard InChI is InChI=1S/C44H36O/c1-5-7-8-16-31(3)45-32(4)25-26-33(6-2)34-27-29-36(30-28-34)43-39-20-11-13-22-41(39)44(42-23-14-12-21-40(42)43)38-24-15-18-35-17-9-10-19-37(35)38/h5-30H,3-4H2,1-2H3/b7-5-,16-8-,26-25-,33-6+. The molecule has 6 rings (SSSR count). The van der Waals surface area contributed by atoms with Gasteiger partial charge in [0.1, 0.15) is 11.5 Å². The minimum atomic E-state index is 0.533. The van der Waals surface area contributed by atoms with Gasteiger partial charge in [0.15, 0.2) is 0 Å². The molecule has 0 heterocycles. The molecule has 0 atom stereocenters. The number of fused-ring (bicyclic) bond motifs is 3. The first-order chi connectivity index (χ1) is 22.1. The van der Waals surface area contributed by atoms with Gasteiger partial charge < -0.3 is 4.74 Å². The molecule has 0 radical (unpaired) electrons. The fourth-order valence-corrected chi connectivity index (χ4v) is 6.05. The summed E-state index contributed by atoms with van der Waals surface area (Å²) in [5.74, 6) is 1.07. The van der Waals surface area contributed by atoms with E-state index >= 15 is 0 Å². The van der Waals surface area contributed by atoms with Crippen LogP contribution in [0.25, 0.3) is 60.1 Å². The van der Waals surface area contributed by atoms with Crippen LogP contribution in [0.2, 0.25) is 0 Å². The number of rotatable bonds is 9. The molecule has 0 aliphatic carbocycles. The van der Waals surface area contributed by atoms with Crippen molar-refractivity contribution in [1.82, 2.24) is 0 Å². The Bertz CT molecular complexity index is 2110. The van der Waals surface area contributed by atoms with Crippen molar-refractivity contribution in [2.75, 3.05) is 0 Å². The molecule has 0 spiro atoms. The van der Waals surface area contributed by atoms with Crippen LogP contribution in [0.5, 0.6) is 0 Å². The molecule has 0 saturated heterocycles. The topological polar surface area (TPSA) is 9.23 Å². The van der Waals surface area contributed by atoms with Crippen LogP contribution in [-0.2, 0) is 4.74 Å². The van der Waals surface area contributed by atoms with Crippen LogP contribution in [0.3, 0.4) is 0 Å². The van der Waals surface area contributed by atoms with Crippen LogP contribution in [0.1, 0.15) is 19.4 Å². The zero-order valence-electron chi connectivity index (χ0n) is 25.8. The molecule has 0 aliphatic heterocycles. The van der Waals surface area contributed by atoms with E-state index in [-0.39, 0.29) is 0 Å². The largest absolute Gasteiger partial charge is 0.459 e. The molecule has 1 nitrogen and oxygen atoms in total. The summed E-state index contributed by atoms with van der Waals surface area (Å²) < 4.78 is 5.73. The molecule has 0 aliphatic rings. The Morgan fingerprint density at radius 3 is 1.71 bits per heavy atom. The minimum absolute atomic E-state index is 0.533. The average Bonchev–Trinajstić information content (AvgIpc) is 3.07. The van der Waals surface area contributed by atoms with Crippen molar-refractivity contribution >= 4 is 37.9 Å². The van der Waals surface area contributed by atoms with Crippen LogP contribution in [0.4, 0.5) is 0 Å². The van der Waals surface area contributed by atoms with Crippen LogP contribution >= 0.6 is 0 Å². The van der Waals surface area contributed by atoms with Gasteiger partial charge in [-0.3, -0.25) is 0 Å². The average molecular weight is 581 g/mol. The molecule has 45 heavy (non-hydrogen) atoms. The van der Waals surface area contributed by atoms with Gasteiger partial charge in [-0.05, 0) is 91.7 Å². The SMILES string of the molecule is C=C(/C=C\C=C/C)OC(=C)/C=C\C(=C/C)c1ccc(-c2c3ccccc3c(-c3cccc4ccccc34)c3ccccc23)cc1. The highest BCUT2D eigenvalue weighted by atomic mass is 16.5. The number of benzene rings is 6. The molecule has 0 unspecified atom stereocenters. The minimum Gasteiger partial charge on any atom is -0.459 e. The summed E-state index contributed by atoms with van der Waals surface area (Å²) in [6.45, 7) is 12.0. The second kappa shape index (κ2) is 13.3. The van der Waals surface area contributed by atoms with Crippen molar-refractivity contribution in [3.8, 4) is 22.3 Å². The van der Waals surface area contributed by atoms with Crippen molar-refractivity contribution in [2.45, 2.75) is 13.8 Å². The Morgan fingerprint density at radius 2 is 1.09 bits per heavy atom. The Kier molecular flexibility index (Phi) is 8.71. The number of ether oxygens (including phenoxy) is 1. The zero-order valence-corrected chi connectivity index (χ0v) is 25.8. The third-order valence-electron chi connectivity index (χ3n) is 8.11. The fraction of sp³-hybridized carbons (Fsp3) is 0.0455. The lowest BCUT2D eigenvalue weighted by Gasteiger charge is -2.19. The zero-order chi connectivity index (χ0) is 31.2. The molecule has 6 aromatic rings. The van der Waals surface area contributed by atoms with Gasteiger partial charge in [-0.2, -0.15) is 0 Å². The second-order valence-electron chi connectivity index (χ2n) is 10.9. The molecule has 0 bridgehead atoms. The Balaban J connectivity index is 1.40. The predicted molar refractivity (Wildman–Crippen MR) is 196 cm³/mol. The first kappa shape index (κ1) is 29.4. The summed E-state index contributed by atoms with van der Waals surface area (Å²) in [5.41, 5.74) is 7.19. The Morgan fingerprint density at radius 1 is 0.533 bits per heavy atom. The fourth-order valence-electron chi connectivity index (χ4n) is 6.05. The molecular weight excluding hydrogens is 544 g/mol. The molecule has 6 aromatic carbocycles. The van der Waals surface area contributed by atoms with E-state index in [2.05, 4.69) is 134 Å². The van der Waals surface area contributed by atoms with Crippen LogP contribution in [0.15, 0.2) is 182 Å². The van der Waals surface area contributed by atoms with Crippen molar-refractivity contribution in [1.29, 1.82) is 0 Å². The summed E-state index contributed by atoms with van der Waals surface area (Å²) in [6, 6.07) is 41.8. The Labute approximate surface area is 266 Å². The van der Waals surface area contributed by atoms with E-state index in [9.17, 15) is 0 Å². The maximum Gasteiger partial charge on any atom is 0.120 e. The van der Waals surface area contributed by atoms with Gasteiger partial charge in [0.2, 0.25) is 0 Å². The summed E-state index contributed by atoms with van der Waals surface area (Å²) in [6.07, 6.45) is 13.6. The lowest BCUT2D eigenvalue weighted by Crippen LogP contribution is -1.92. The van der Waals surface area contributed by atoms with Gasteiger partial charge in [-0.25, -0.2) is 0 Å². The normalized spacial score (nSPS) is 12.3. The lowest BCUT2D eigenvalue weighted by molar-refractivity contribution is 0.340. The predicted octanol–water partition coefficient (Wildman–Crippen LogP) is 12.6. The third-order valence-corrected chi connectivity index (χ3v) is 8.11. The molecule has 0 amide bonds. The van der Waals surface area contributed by atoms with Gasteiger partial charge in [-0.1, -0.05) is 159 Å². The van der Waals surface area contributed by atoms with Gasteiger partial charge in [0.25, 0.3) is 0 Å². The van der Waals surface area contributed by atoms with Crippen molar-refractivity contribution in [2.24, 2.45) is 0 Å². The van der Waals surface area contributed by atoms with E-state index in [4.69, 9.17) is 4.74 Å². The quantitative estimate of drug-likeness (QED) is 0.0939. The van der Waals surface area contributed by atoms with E-state index in [1.54, 1.807) is 0 Å². The first-order valence-corrected chi connectivity index (χ1v) is 15.3. The molecule has 0 saturated carbocycles. The van der Waals surface area contributed by atoms with Gasteiger partial charge in [-0.15, -0.1) is 0 Å². The van der Waals surface area contributed by atoms with Crippen molar-refractivity contribution in [3.63, 3.8) is 0 Å². The van der Waals surface area contributed by atoms with Crippen molar-refractivity contribution in [3.05, 3.63) is 188 Å². The number of allylic oxidation sites excluding steroid dienone is 8. The van der Waals surface area contributed by atoms with Gasteiger partial charge in [0, 0.05) is 0 Å². The molecule has 0 aromatic heterocycles. The lowest BCUT2D eigenvalue weighted by atomic mass is 9.84. The first-order valence-electron chi connectivity index (χ1n) is 15.3. The monoisotopic (exact) mass is 580 g/mol. The second-order valence-corrected chi connectivity index (χ2v) is 10.9. The molecule has 218 valence electrons. The van der Waals surface area contributed by atoms with E-state index in [1.165, 1.54) is 54.6 Å². The summed E-state index contributed by atoms with van der Waals surface area (Å²) in [4.78, 5) is 0. The van der Waals surface area contributed by atoms with Crippen LogP contribution < -0.4 is 0 Å². The van der Waals surface area contributed by atoms with Crippen LogP contribution in [-0.4, -0.2) is 0 Å².